The van der Waals surface area contributed by atoms with E-state index >= 15 is 0 Å². The lowest BCUT2D eigenvalue weighted by Gasteiger charge is -2.16. The first-order valence-corrected chi connectivity index (χ1v) is 9.28. The lowest BCUT2D eigenvalue weighted by Crippen LogP contribution is -2.32. The van der Waals surface area contributed by atoms with E-state index in [9.17, 15) is 18.0 Å². The van der Waals surface area contributed by atoms with Crippen LogP contribution in [0.25, 0.3) is 0 Å². The highest BCUT2D eigenvalue weighted by atomic mass is 32.2. The number of benzene rings is 1. The van der Waals surface area contributed by atoms with Crippen LogP contribution in [0, 0.1) is 0 Å². The Morgan fingerprint density at radius 1 is 1.30 bits per heavy atom. The number of carbonyl (C=O) groups excluding carboxylic acids is 2. The van der Waals surface area contributed by atoms with Crippen LogP contribution in [0.5, 0.6) is 0 Å². The Balaban J connectivity index is 1.76. The van der Waals surface area contributed by atoms with E-state index in [0.29, 0.717) is 17.8 Å². The van der Waals surface area contributed by atoms with Gasteiger partial charge in [0.05, 0.1) is 12.3 Å². The number of amides is 3. The second-order valence-corrected chi connectivity index (χ2v) is 7.78. The van der Waals surface area contributed by atoms with Crippen LogP contribution in [-0.2, 0) is 21.4 Å². The normalized spacial score (nSPS) is 21.0. The second-order valence-electron chi connectivity index (χ2n) is 5.76. The fourth-order valence-electron chi connectivity index (χ4n) is 2.99. The number of nitrogens with one attached hydrogen (secondary N) is 1. The van der Waals surface area contributed by atoms with Crippen LogP contribution in [0.1, 0.15) is 25.3 Å². The van der Waals surface area contributed by atoms with Gasteiger partial charge in [-0.05, 0) is 37.5 Å². The number of fused-ring (bicyclic) bond motifs is 1. The number of imide groups is 1. The molecule has 2 heterocycles. The van der Waals surface area contributed by atoms with Gasteiger partial charge in [0.1, 0.15) is 6.04 Å². The minimum absolute atomic E-state index is 0.0169. The molecule has 1 aromatic rings. The fraction of sp³-hybridized carbons (Fsp3) is 0.467. The number of hydrogen-bond donors (Lipinski definition) is 1. The third kappa shape index (κ3) is 3.03. The van der Waals surface area contributed by atoms with Crippen molar-refractivity contribution >= 4 is 27.6 Å². The molecule has 3 amide bonds. The summed E-state index contributed by atoms with van der Waals surface area (Å²) in [6.45, 7) is 2.34. The van der Waals surface area contributed by atoms with Gasteiger partial charge in [0.2, 0.25) is 10.0 Å². The standard InChI is InChI=1S/C15H19N3O4S/c1-2-23(21,22)16-12-6-3-5-11(9-12)10-18-14(19)13-7-4-8-17(13)15(18)20/h3,5-6,9,13,16H,2,4,7-8,10H2,1H3. The first kappa shape index (κ1) is 15.8. The summed E-state index contributed by atoms with van der Waals surface area (Å²) in [4.78, 5) is 27.5. The van der Waals surface area contributed by atoms with E-state index in [0.717, 1.165) is 12.8 Å². The number of sulfonamides is 1. The zero-order valence-corrected chi connectivity index (χ0v) is 13.7. The van der Waals surface area contributed by atoms with Crippen molar-refractivity contribution in [3.05, 3.63) is 29.8 Å². The van der Waals surface area contributed by atoms with Gasteiger partial charge < -0.3 is 4.90 Å². The summed E-state index contributed by atoms with van der Waals surface area (Å²) >= 11 is 0. The summed E-state index contributed by atoms with van der Waals surface area (Å²) in [6.07, 6.45) is 1.59. The Morgan fingerprint density at radius 2 is 2.09 bits per heavy atom. The van der Waals surface area contributed by atoms with Crippen molar-refractivity contribution in [1.29, 1.82) is 0 Å². The third-order valence-electron chi connectivity index (χ3n) is 4.20. The Labute approximate surface area is 135 Å². The number of hydrogen-bond acceptors (Lipinski definition) is 4. The molecule has 0 bridgehead atoms. The molecule has 2 fully saturated rings. The molecular formula is C15H19N3O4S. The smallest absolute Gasteiger partial charge is 0.312 e. The van der Waals surface area contributed by atoms with E-state index in [1.54, 1.807) is 36.1 Å². The minimum atomic E-state index is -3.36. The van der Waals surface area contributed by atoms with Gasteiger partial charge in [0.15, 0.2) is 0 Å². The van der Waals surface area contributed by atoms with E-state index in [-0.39, 0.29) is 30.3 Å². The van der Waals surface area contributed by atoms with Crippen molar-refractivity contribution in [2.75, 3.05) is 17.0 Å². The van der Waals surface area contributed by atoms with E-state index < -0.39 is 10.0 Å². The van der Waals surface area contributed by atoms with Gasteiger partial charge in [-0.15, -0.1) is 0 Å². The number of carbonyl (C=O) groups is 2. The maximum absolute atomic E-state index is 12.3. The Hall–Kier alpha value is -2.09. The van der Waals surface area contributed by atoms with Gasteiger partial charge in [0, 0.05) is 12.2 Å². The molecule has 2 aliphatic heterocycles. The average Bonchev–Trinajstić information content (AvgIpc) is 3.07. The molecule has 1 atom stereocenters. The summed E-state index contributed by atoms with van der Waals surface area (Å²) in [5.41, 5.74) is 1.15. The van der Waals surface area contributed by atoms with Crippen molar-refractivity contribution in [1.82, 2.24) is 9.80 Å². The molecule has 7 nitrogen and oxygen atoms in total. The molecular weight excluding hydrogens is 318 g/mol. The molecule has 2 saturated heterocycles. The van der Waals surface area contributed by atoms with E-state index in [4.69, 9.17) is 0 Å². The molecule has 0 aromatic heterocycles. The Kier molecular flexibility index (Phi) is 4.01. The van der Waals surface area contributed by atoms with Crippen molar-refractivity contribution < 1.29 is 18.0 Å². The summed E-state index contributed by atoms with van der Waals surface area (Å²) in [7, 11) is -3.36. The summed E-state index contributed by atoms with van der Waals surface area (Å²) in [5.74, 6) is -0.177. The number of rotatable bonds is 5. The maximum Gasteiger partial charge on any atom is 0.327 e. The predicted molar refractivity (Wildman–Crippen MR) is 85.2 cm³/mol. The van der Waals surface area contributed by atoms with E-state index in [1.165, 1.54) is 4.90 Å². The van der Waals surface area contributed by atoms with Crippen molar-refractivity contribution in [3.8, 4) is 0 Å². The van der Waals surface area contributed by atoms with Gasteiger partial charge in [-0.3, -0.25) is 14.4 Å². The zero-order chi connectivity index (χ0) is 16.6. The van der Waals surface area contributed by atoms with E-state index in [2.05, 4.69) is 4.72 Å². The van der Waals surface area contributed by atoms with Gasteiger partial charge in [-0.2, -0.15) is 0 Å². The van der Waals surface area contributed by atoms with Gasteiger partial charge in [-0.25, -0.2) is 13.2 Å². The van der Waals surface area contributed by atoms with Crippen LogP contribution in [-0.4, -0.2) is 48.5 Å². The molecule has 0 aliphatic carbocycles. The molecule has 23 heavy (non-hydrogen) atoms. The molecule has 8 heteroatoms. The molecule has 1 N–H and O–H groups in total. The monoisotopic (exact) mass is 337 g/mol. The van der Waals surface area contributed by atoms with Crippen molar-refractivity contribution in [2.45, 2.75) is 32.4 Å². The SMILES string of the molecule is CCS(=O)(=O)Nc1cccc(CN2C(=O)C3CCCN3C2=O)c1. The topological polar surface area (TPSA) is 86.8 Å². The maximum atomic E-state index is 12.3. The fourth-order valence-corrected chi connectivity index (χ4v) is 3.63. The minimum Gasteiger partial charge on any atom is -0.312 e. The first-order chi connectivity index (χ1) is 10.9. The zero-order valence-electron chi connectivity index (χ0n) is 12.9. The molecule has 124 valence electrons. The molecule has 3 rings (SSSR count). The van der Waals surface area contributed by atoms with Crippen LogP contribution in [0.4, 0.5) is 10.5 Å². The van der Waals surface area contributed by atoms with Crippen LogP contribution in [0.15, 0.2) is 24.3 Å². The molecule has 0 radical (unpaired) electrons. The van der Waals surface area contributed by atoms with Crippen LogP contribution in [0.2, 0.25) is 0 Å². The van der Waals surface area contributed by atoms with E-state index in [1.807, 2.05) is 0 Å². The number of anilines is 1. The molecule has 2 aliphatic rings. The number of urea groups is 1. The third-order valence-corrected chi connectivity index (χ3v) is 5.51. The first-order valence-electron chi connectivity index (χ1n) is 7.62. The largest absolute Gasteiger partial charge is 0.327 e. The average molecular weight is 337 g/mol. The Bertz CT molecular complexity index is 725. The lowest BCUT2D eigenvalue weighted by atomic mass is 10.1. The highest BCUT2D eigenvalue weighted by molar-refractivity contribution is 7.92. The molecule has 1 aromatic carbocycles. The van der Waals surface area contributed by atoms with Crippen LogP contribution < -0.4 is 4.72 Å². The van der Waals surface area contributed by atoms with Gasteiger partial charge in [-0.1, -0.05) is 12.1 Å². The Morgan fingerprint density at radius 3 is 2.78 bits per heavy atom. The highest BCUT2D eigenvalue weighted by Crippen LogP contribution is 2.28. The highest BCUT2D eigenvalue weighted by Gasteiger charge is 2.47. The molecule has 0 spiro atoms. The van der Waals surface area contributed by atoms with Crippen molar-refractivity contribution in [2.24, 2.45) is 0 Å². The number of nitrogens with zero attached hydrogens (tertiary/aromatic N) is 2. The quantitative estimate of drug-likeness (QED) is 0.822. The summed E-state index contributed by atoms with van der Waals surface area (Å²) < 4.78 is 25.7. The predicted octanol–water partition coefficient (Wildman–Crippen LogP) is 1.37. The second kappa shape index (κ2) is 5.84. The lowest BCUT2D eigenvalue weighted by molar-refractivity contribution is -0.128. The van der Waals surface area contributed by atoms with Gasteiger partial charge in [0.25, 0.3) is 5.91 Å². The molecule has 1 unspecified atom stereocenters. The molecule has 0 saturated carbocycles. The van der Waals surface area contributed by atoms with Crippen molar-refractivity contribution in [3.63, 3.8) is 0 Å². The van der Waals surface area contributed by atoms with Crippen LogP contribution in [0.3, 0.4) is 0 Å². The summed E-state index contributed by atoms with van der Waals surface area (Å²) in [6, 6.07) is 6.20. The van der Waals surface area contributed by atoms with Crippen LogP contribution >= 0.6 is 0 Å². The summed E-state index contributed by atoms with van der Waals surface area (Å²) in [5, 5.41) is 0. The van der Waals surface area contributed by atoms with Gasteiger partial charge >= 0.3 is 6.03 Å².